The van der Waals surface area contributed by atoms with Gasteiger partial charge in [-0.25, -0.2) is 0 Å². The molecule has 1 N–H and O–H groups in total. The van der Waals surface area contributed by atoms with E-state index in [2.05, 4.69) is 4.98 Å². The van der Waals surface area contributed by atoms with Crippen LogP contribution in [-0.2, 0) is 6.61 Å². The average molecular weight is 167 g/mol. The van der Waals surface area contributed by atoms with Crippen LogP contribution in [-0.4, -0.2) is 17.2 Å². The molecule has 0 saturated carbocycles. The van der Waals surface area contributed by atoms with Crippen LogP contribution in [0.25, 0.3) is 0 Å². The van der Waals surface area contributed by atoms with Crippen LogP contribution in [0.2, 0.25) is 0 Å². The summed E-state index contributed by atoms with van der Waals surface area (Å²) in [5, 5.41) is 8.94. The number of aryl methyl sites for hydroxylation is 1. The fraction of sp³-hybridized carbons (Fsp3) is 0.444. The molecule has 66 valence electrons. The Morgan fingerprint density at radius 3 is 2.67 bits per heavy atom. The minimum atomic E-state index is -0.0305. The summed E-state index contributed by atoms with van der Waals surface area (Å²) in [7, 11) is 1.60. The van der Waals surface area contributed by atoms with Gasteiger partial charge in [0, 0.05) is 23.0 Å². The summed E-state index contributed by atoms with van der Waals surface area (Å²) < 4.78 is 5.15. The molecule has 0 aliphatic carbocycles. The van der Waals surface area contributed by atoms with Gasteiger partial charge in [-0.15, -0.1) is 0 Å². The number of hydrogen-bond donors (Lipinski definition) is 1. The van der Waals surface area contributed by atoms with Gasteiger partial charge in [0.15, 0.2) is 0 Å². The topological polar surface area (TPSA) is 42.4 Å². The van der Waals surface area contributed by atoms with E-state index < -0.39 is 0 Å². The van der Waals surface area contributed by atoms with E-state index in [1.54, 1.807) is 13.3 Å². The summed E-state index contributed by atoms with van der Waals surface area (Å²) in [6.45, 7) is 3.82. The predicted molar refractivity (Wildman–Crippen MR) is 46.2 cm³/mol. The molecule has 0 radical (unpaired) electrons. The molecule has 3 heteroatoms. The van der Waals surface area contributed by atoms with Crippen LogP contribution < -0.4 is 4.74 Å². The Labute approximate surface area is 72.0 Å². The first-order valence-electron chi connectivity index (χ1n) is 3.80. The molecule has 12 heavy (non-hydrogen) atoms. The molecule has 0 unspecified atom stereocenters. The largest absolute Gasteiger partial charge is 0.496 e. The minimum absolute atomic E-state index is 0.0305. The predicted octanol–water partition coefficient (Wildman–Crippen LogP) is 1.20. The van der Waals surface area contributed by atoms with E-state index in [0.29, 0.717) is 0 Å². The smallest absolute Gasteiger partial charge is 0.130 e. The van der Waals surface area contributed by atoms with Gasteiger partial charge in [-0.05, 0) is 13.8 Å². The number of aromatic nitrogens is 1. The maximum atomic E-state index is 8.94. The molecule has 1 rings (SSSR count). The normalized spacial score (nSPS) is 10.0. The Balaban J connectivity index is 3.25. The van der Waals surface area contributed by atoms with Gasteiger partial charge in [-0.3, -0.25) is 4.98 Å². The summed E-state index contributed by atoms with van der Waals surface area (Å²) in [4.78, 5) is 4.12. The van der Waals surface area contributed by atoms with E-state index in [1.165, 1.54) is 0 Å². The van der Waals surface area contributed by atoms with E-state index in [-0.39, 0.29) is 6.61 Å². The zero-order chi connectivity index (χ0) is 9.14. The van der Waals surface area contributed by atoms with Crippen molar-refractivity contribution in [2.45, 2.75) is 20.5 Å². The lowest BCUT2D eigenvalue weighted by atomic mass is 10.1. The van der Waals surface area contributed by atoms with E-state index in [1.807, 2.05) is 13.8 Å². The van der Waals surface area contributed by atoms with E-state index in [0.717, 1.165) is 22.6 Å². The molecular weight excluding hydrogens is 154 g/mol. The molecule has 1 heterocycles. The van der Waals surface area contributed by atoms with Gasteiger partial charge in [0.25, 0.3) is 0 Å². The van der Waals surface area contributed by atoms with Crippen LogP contribution in [0, 0.1) is 13.8 Å². The molecule has 1 aromatic heterocycles. The Morgan fingerprint density at radius 2 is 2.17 bits per heavy atom. The van der Waals surface area contributed by atoms with Crippen molar-refractivity contribution < 1.29 is 9.84 Å². The molecule has 0 atom stereocenters. The van der Waals surface area contributed by atoms with Crippen LogP contribution in [0.3, 0.4) is 0 Å². The third-order valence-corrected chi connectivity index (χ3v) is 1.96. The lowest BCUT2D eigenvalue weighted by molar-refractivity contribution is 0.272. The maximum Gasteiger partial charge on any atom is 0.130 e. The number of pyridine rings is 1. The monoisotopic (exact) mass is 167 g/mol. The first-order chi connectivity index (χ1) is 5.70. The Kier molecular flexibility index (Phi) is 2.65. The van der Waals surface area contributed by atoms with E-state index >= 15 is 0 Å². The Bertz CT molecular complexity index is 284. The van der Waals surface area contributed by atoms with Gasteiger partial charge in [0.1, 0.15) is 5.75 Å². The van der Waals surface area contributed by atoms with Crippen LogP contribution in [0.15, 0.2) is 6.20 Å². The van der Waals surface area contributed by atoms with Gasteiger partial charge >= 0.3 is 0 Å². The van der Waals surface area contributed by atoms with Gasteiger partial charge in [0.2, 0.25) is 0 Å². The van der Waals surface area contributed by atoms with Crippen LogP contribution >= 0.6 is 0 Å². The quantitative estimate of drug-likeness (QED) is 0.719. The fourth-order valence-electron chi connectivity index (χ4n) is 1.13. The summed E-state index contributed by atoms with van der Waals surface area (Å²) >= 11 is 0. The van der Waals surface area contributed by atoms with Crippen molar-refractivity contribution in [2.75, 3.05) is 7.11 Å². The molecular formula is C9H13NO2. The number of hydrogen-bond acceptors (Lipinski definition) is 3. The molecule has 0 fully saturated rings. The van der Waals surface area contributed by atoms with Crippen molar-refractivity contribution >= 4 is 0 Å². The van der Waals surface area contributed by atoms with Crippen molar-refractivity contribution in [2.24, 2.45) is 0 Å². The number of ether oxygens (including phenoxy) is 1. The molecule has 0 saturated heterocycles. The molecule has 0 aliphatic rings. The van der Waals surface area contributed by atoms with Crippen molar-refractivity contribution in [1.82, 2.24) is 4.98 Å². The third kappa shape index (κ3) is 1.41. The second-order valence-electron chi connectivity index (χ2n) is 2.69. The van der Waals surface area contributed by atoms with E-state index in [9.17, 15) is 0 Å². The maximum absolute atomic E-state index is 8.94. The lowest BCUT2D eigenvalue weighted by Gasteiger charge is -2.10. The summed E-state index contributed by atoms with van der Waals surface area (Å²) in [6, 6.07) is 0. The van der Waals surface area contributed by atoms with Gasteiger partial charge in [-0.2, -0.15) is 0 Å². The van der Waals surface area contributed by atoms with Gasteiger partial charge < -0.3 is 9.84 Å². The van der Waals surface area contributed by atoms with Crippen LogP contribution in [0.5, 0.6) is 5.75 Å². The fourth-order valence-corrected chi connectivity index (χ4v) is 1.13. The SMILES string of the molecule is COc1c(CO)cnc(C)c1C. The second-order valence-corrected chi connectivity index (χ2v) is 2.69. The minimum Gasteiger partial charge on any atom is -0.496 e. The van der Waals surface area contributed by atoms with Crippen molar-refractivity contribution in [3.63, 3.8) is 0 Å². The standard InChI is InChI=1S/C9H13NO2/c1-6-7(2)10-4-8(5-11)9(6)12-3/h4,11H,5H2,1-3H3. The van der Waals surface area contributed by atoms with Crippen molar-refractivity contribution in [3.8, 4) is 5.75 Å². The molecule has 3 nitrogen and oxygen atoms in total. The lowest BCUT2D eigenvalue weighted by Crippen LogP contribution is -1.98. The molecule has 0 bridgehead atoms. The summed E-state index contributed by atoms with van der Waals surface area (Å²) in [5.74, 6) is 0.741. The average Bonchev–Trinajstić information content (AvgIpc) is 2.09. The highest BCUT2D eigenvalue weighted by Crippen LogP contribution is 2.23. The zero-order valence-corrected chi connectivity index (χ0v) is 7.59. The van der Waals surface area contributed by atoms with Crippen molar-refractivity contribution in [3.05, 3.63) is 23.0 Å². The van der Waals surface area contributed by atoms with Crippen LogP contribution in [0.1, 0.15) is 16.8 Å². The summed E-state index contributed by atoms with van der Waals surface area (Å²) in [5.41, 5.74) is 2.66. The number of aliphatic hydroxyl groups excluding tert-OH is 1. The first-order valence-corrected chi connectivity index (χ1v) is 3.80. The van der Waals surface area contributed by atoms with E-state index in [4.69, 9.17) is 9.84 Å². The Hall–Kier alpha value is -1.09. The zero-order valence-electron chi connectivity index (χ0n) is 7.59. The molecule has 0 aliphatic heterocycles. The molecule has 0 amide bonds. The number of aliphatic hydroxyl groups is 1. The second kappa shape index (κ2) is 3.54. The molecule has 0 spiro atoms. The van der Waals surface area contributed by atoms with Gasteiger partial charge in [-0.1, -0.05) is 0 Å². The highest BCUT2D eigenvalue weighted by molar-refractivity contribution is 5.40. The highest BCUT2D eigenvalue weighted by atomic mass is 16.5. The van der Waals surface area contributed by atoms with Crippen molar-refractivity contribution in [1.29, 1.82) is 0 Å². The highest BCUT2D eigenvalue weighted by Gasteiger charge is 2.07. The summed E-state index contributed by atoms with van der Waals surface area (Å²) in [6.07, 6.45) is 1.64. The molecule has 0 aromatic carbocycles. The Morgan fingerprint density at radius 1 is 1.50 bits per heavy atom. The third-order valence-electron chi connectivity index (χ3n) is 1.96. The molecule has 1 aromatic rings. The van der Waals surface area contributed by atoms with Crippen LogP contribution in [0.4, 0.5) is 0 Å². The number of methoxy groups -OCH3 is 1. The van der Waals surface area contributed by atoms with Gasteiger partial charge in [0.05, 0.1) is 13.7 Å². The number of nitrogens with zero attached hydrogens (tertiary/aromatic N) is 1. The number of rotatable bonds is 2. The first kappa shape index (κ1) is 9.00.